The van der Waals surface area contributed by atoms with Crippen LogP contribution in [-0.2, 0) is 13.0 Å². The van der Waals surface area contributed by atoms with Crippen LogP contribution in [0.25, 0.3) is 0 Å². The van der Waals surface area contributed by atoms with Crippen LogP contribution in [0.5, 0.6) is 0 Å². The first-order valence-electron chi connectivity index (χ1n) is 8.23. The number of amides is 1. The number of benzene rings is 1. The molecule has 0 saturated carbocycles. The summed E-state index contributed by atoms with van der Waals surface area (Å²) in [5, 5.41) is 2.81. The van der Waals surface area contributed by atoms with Gasteiger partial charge in [-0.2, -0.15) is 0 Å². The normalized spacial score (nSPS) is 15.9. The number of anilines is 2. The minimum atomic E-state index is -0.250. The molecule has 1 unspecified atom stereocenters. The van der Waals surface area contributed by atoms with E-state index >= 15 is 0 Å². The van der Waals surface area contributed by atoms with Crippen LogP contribution in [0.15, 0.2) is 59.3 Å². The highest BCUT2D eigenvalue weighted by atomic mass is 16.3. The van der Waals surface area contributed by atoms with Gasteiger partial charge in [-0.1, -0.05) is 18.2 Å². The van der Waals surface area contributed by atoms with Crippen molar-refractivity contribution >= 4 is 17.5 Å². The van der Waals surface area contributed by atoms with E-state index in [9.17, 15) is 4.79 Å². The molecule has 0 fully saturated rings. The largest absolute Gasteiger partial charge is 0.467 e. The van der Waals surface area contributed by atoms with E-state index in [1.807, 2.05) is 18.2 Å². The van der Waals surface area contributed by atoms with Crippen molar-refractivity contribution in [2.75, 3.05) is 4.90 Å². The van der Waals surface area contributed by atoms with Gasteiger partial charge >= 0.3 is 0 Å². The number of para-hydroxylation sites is 1. The Morgan fingerprint density at radius 2 is 2.16 bits per heavy atom. The molecule has 0 spiro atoms. The zero-order chi connectivity index (χ0) is 17.2. The lowest BCUT2D eigenvalue weighted by Gasteiger charge is -2.22. The fourth-order valence-corrected chi connectivity index (χ4v) is 3.13. The minimum Gasteiger partial charge on any atom is -0.467 e. The van der Waals surface area contributed by atoms with Gasteiger partial charge in [0.1, 0.15) is 11.5 Å². The van der Waals surface area contributed by atoms with E-state index in [0.717, 1.165) is 12.1 Å². The lowest BCUT2D eigenvalue weighted by atomic mass is 10.1. The number of hydrogen-bond donors (Lipinski definition) is 1. The van der Waals surface area contributed by atoms with E-state index in [1.165, 1.54) is 5.56 Å². The second-order valence-corrected chi connectivity index (χ2v) is 6.06. The van der Waals surface area contributed by atoms with Gasteiger partial charge in [-0.05, 0) is 43.2 Å². The predicted molar refractivity (Wildman–Crippen MR) is 93.7 cm³/mol. The maximum atomic E-state index is 12.4. The molecule has 126 valence electrons. The van der Waals surface area contributed by atoms with Gasteiger partial charge < -0.3 is 14.6 Å². The summed E-state index contributed by atoms with van der Waals surface area (Å²) in [6.07, 6.45) is 4.14. The second-order valence-electron chi connectivity index (χ2n) is 6.06. The number of rotatable bonds is 4. The molecule has 1 aliphatic heterocycles. The Labute approximate surface area is 145 Å². The van der Waals surface area contributed by atoms with Crippen LogP contribution < -0.4 is 10.2 Å². The Kier molecular flexibility index (Phi) is 3.93. The zero-order valence-electron chi connectivity index (χ0n) is 13.8. The van der Waals surface area contributed by atoms with Gasteiger partial charge in [0.25, 0.3) is 5.91 Å². The van der Waals surface area contributed by atoms with Crippen molar-refractivity contribution in [3.63, 3.8) is 0 Å². The third kappa shape index (κ3) is 2.98. The van der Waals surface area contributed by atoms with Crippen molar-refractivity contribution in [1.29, 1.82) is 0 Å². The Balaban J connectivity index is 1.56. The summed E-state index contributed by atoms with van der Waals surface area (Å²) < 4.78 is 5.22. The average molecular weight is 334 g/mol. The first-order valence-corrected chi connectivity index (χ1v) is 8.23. The van der Waals surface area contributed by atoms with Crippen molar-refractivity contribution in [3.05, 3.63) is 71.9 Å². The molecule has 6 heteroatoms. The molecule has 3 heterocycles. The molecule has 3 aromatic rings. The summed E-state index contributed by atoms with van der Waals surface area (Å²) in [6.45, 7) is 2.46. The molecule has 0 saturated heterocycles. The van der Waals surface area contributed by atoms with Gasteiger partial charge in [-0.15, -0.1) is 0 Å². The number of aromatic nitrogens is 2. The van der Waals surface area contributed by atoms with Crippen molar-refractivity contribution in [1.82, 2.24) is 15.3 Å². The highest BCUT2D eigenvalue weighted by Crippen LogP contribution is 2.36. The number of fused-ring (bicyclic) bond motifs is 1. The van der Waals surface area contributed by atoms with E-state index in [-0.39, 0.29) is 11.9 Å². The van der Waals surface area contributed by atoms with E-state index in [4.69, 9.17) is 4.42 Å². The Bertz CT molecular complexity index is 892. The molecule has 1 aliphatic rings. The summed E-state index contributed by atoms with van der Waals surface area (Å²) in [6, 6.07) is 13.7. The Morgan fingerprint density at radius 3 is 3.00 bits per heavy atom. The molecular weight excluding hydrogens is 316 g/mol. The van der Waals surface area contributed by atoms with E-state index in [0.29, 0.717) is 23.9 Å². The lowest BCUT2D eigenvalue weighted by molar-refractivity contribution is 0.0943. The van der Waals surface area contributed by atoms with Gasteiger partial charge in [0.15, 0.2) is 0 Å². The fourth-order valence-electron chi connectivity index (χ4n) is 3.13. The van der Waals surface area contributed by atoms with Gasteiger partial charge in [0, 0.05) is 17.9 Å². The molecule has 6 nitrogen and oxygen atoms in total. The van der Waals surface area contributed by atoms with Gasteiger partial charge in [-0.3, -0.25) is 4.79 Å². The van der Waals surface area contributed by atoms with Crippen LogP contribution in [0.4, 0.5) is 11.6 Å². The number of nitrogens with zero attached hydrogens (tertiary/aromatic N) is 3. The van der Waals surface area contributed by atoms with Crippen molar-refractivity contribution in [2.45, 2.75) is 25.9 Å². The average Bonchev–Trinajstić information content (AvgIpc) is 3.26. The van der Waals surface area contributed by atoms with E-state index in [2.05, 4.69) is 39.2 Å². The predicted octanol–water partition coefficient (Wildman–Crippen LogP) is 3.08. The number of furan rings is 1. The smallest absolute Gasteiger partial charge is 0.270 e. The lowest BCUT2D eigenvalue weighted by Crippen LogP contribution is -2.28. The Morgan fingerprint density at radius 1 is 1.28 bits per heavy atom. The zero-order valence-corrected chi connectivity index (χ0v) is 13.8. The third-order valence-electron chi connectivity index (χ3n) is 4.30. The molecule has 1 aromatic carbocycles. The number of carbonyl (C=O) groups excluding carboxylic acids is 1. The molecule has 0 bridgehead atoms. The maximum Gasteiger partial charge on any atom is 0.270 e. The molecule has 4 rings (SSSR count). The first-order chi connectivity index (χ1) is 12.2. The van der Waals surface area contributed by atoms with Crippen LogP contribution in [0, 0.1) is 0 Å². The highest BCUT2D eigenvalue weighted by molar-refractivity contribution is 5.92. The van der Waals surface area contributed by atoms with Crippen molar-refractivity contribution in [2.24, 2.45) is 0 Å². The van der Waals surface area contributed by atoms with Crippen molar-refractivity contribution in [3.8, 4) is 0 Å². The summed E-state index contributed by atoms with van der Waals surface area (Å²) in [7, 11) is 0. The SMILES string of the molecule is CC1Cc2ccccc2N1c1nccc(C(=O)NCc2ccco2)n1. The second kappa shape index (κ2) is 6.39. The first kappa shape index (κ1) is 15.4. The van der Waals surface area contributed by atoms with Crippen LogP contribution in [0.3, 0.4) is 0 Å². The van der Waals surface area contributed by atoms with Gasteiger partial charge in [0.05, 0.1) is 12.8 Å². The maximum absolute atomic E-state index is 12.4. The quantitative estimate of drug-likeness (QED) is 0.794. The minimum absolute atomic E-state index is 0.249. The monoisotopic (exact) mass is 334 g/mol. The van der Waals surface area contributed by atoms with Crippen LogP contribution in [-0.4, -0.2) is 21.9 Å². The van der Waals surface area contributed by atoms with Crippen LogP contribution >= 0.6 is 0 Å². The highest BCUT2D eigenvalue weighted by Gasteiger charge is 2.29. The molecule has 0 aliphatic carbocycles. The molecular formula is C19H18N4O2. The van der Waals surface area contributed by atoms with Crippen molar-refractivity contribution < 1.29 is 9.21 Å². The molecule has 1 amide bonds. The molecule has 25 heavy (non-hydrogen) atoms. The van der Waals surface area contributed by atoms with Gasteiger partial charge in [0.2, 0.25) is 5.95 Å². The molecule has 2 aromatic heterocycles. The number of carbonyl (C=O) groups is 1. The number of nitrogens with one attached hydrogen (secondary N) is 1. The standard InChI is InChI=1S/C19H18N4O2/c1-13-11-14-5-2-3-7-17(14)23(13)19-20-9-8-16(22-19)18(24)21-12-15-6-4-10-25-15/h2-10,13H,11-12H2,1H3,(H,21,24). The molecule has 1 atom stereocenters. The van der Waals surface area contributed by atoms with E-state index in [1.54, 1.807) is 24.6 Å². The third-order valence-corrected chi connectivity index (χ3v) is 4.30. The van der Waals surface area contributed by atoms with Crippen LogP contribution in [0.1, 0.15) is 28.7 Å². The number of hydrogen-bond acceptors (Lipinski definition) is 5. The Hall–Kier alpha value is -3.15. The summed E-state index contributed by atoms with van der Waals surface area (Å²) in [5.41, 5.74) is 2.71. The summed E-state index contributed by atoms with van der Waals surface area (Å²) in [5.74, 6) is 0.994. The molecule has 1 N–H and O–H groups in total. The van der Waals surface area contributed by atoms with E-state index < -0.39 is 0 Å². The fraction of sp³-hybridized carbons (Fsp3) is 0.211. The summed E-state index contributed by atoms with van der Waals surface area (Å²) in [4.78, 5) is 23.3. The summed E-state index contributed by atoms with van der Waals surface area (Å²) >= 11 is 0. The topological polar surface area (TPSA) is 71.3 Å². The molecule has 0 radical (unpaired) electrons. The van der Waals surface area contributed by atoms with Gasteiger partial charge in [-0.25, -0.2) is 9.97 Å². The van der Waals surface area contributed by atoms with Crippen LogP contribution in [0.2, 0.25) is 0 Å².